The fourth-order valence-electron chi connectivity index (χ4n) is 3.58. The lowest BCUT2D eigenvalue weighted by atomic mass is 10.0. The number of hydrogen-bond donors (Lipinski definition) is 1. The lowest BCUT2D eigenvalue weighted by molar-refractivity contribution is 0.0951. The van der Waals surface area contributed by atoms with E-state index in [1.165, 1.54) is 0 Å². The van der Waals surface area contributed by atoms with Gasteiger partial charge in [-0.2, -0.15) is 4.98 Å². The van der Waals surface area contributed by atoms with Gasteiger partial charge in [0.25, 0.3) is 17.5 Å². The van der Waals surface area contributed by atoms with Crippen molar-refractivity contribution in [3.05, 3.63) is 53.1 Å². The number of methoxy groups -OCH3 is 1. The lowest BCUT2D eigenvalue weighted by Crippen LogP contribution is -2.24. The van der Waals surface area contributed by atoms with Crippen LogP contribution in [0.15, 0.2) is 39.4 Å². The third-order valence-electron chi connectivity index (χ3n) is 5.49. The summed E-state index contributed by atoms with van der Waals surface area (Å²) in [5, 5.41) is 11.7. The molecule has 1 aromatic carbocycles. The van der Waals surface area contributed by atoms with Crippen molar-refractivity contribution < 1.29 is 18.6 Å². The van der Waals surface area contributed by atoms with Crippen molar-refractivity contribution in [2.24, 2.45) is 0 Å². The standard InChI is InChI=1S/C23H23N5O4/c1-12(2)20-19-16(10-17(13-4-5-13)25-23(19)32-28-20)21(29)24-11-18-26-22(31-27-18)14-6-8-15(30-3)9-7-14/h6-10,12-13H,4-5,11H2,1-3H3,(H,24,29). The van der Waals surface area contributed by atoms with E-state index in [-0.39, 0.29) is 18.4 Å². The molecule has 3 heterocycles. The van der Waals surface area contributed by atoms with Crippen LogP contribution in [0.25, 0.3) is 22.6 Å². The molecule has 9 nitrogen and oxygen atoms in total. The predicted molar refractivity (Wildman–Crippen MR) is 115 cm³/mol. The minimum Gasteiger partial charge on any atom is -0.497 e. The number of hydrogen-bond acceptors (Lipinski definition) is 8. The molecule has 3 aromatic heterocycles. The van der Waals surface area contributed by atoms with Crippen LogP contribution in [0.1, 0.15) is 66.1 Å². The Morgan fingerprint density at radius 1 is 1.16 bits per heavy atom. The van der Waals surface area contributed by atoms with Crippen molar-refractivity contribution in [3.63, 3.8) is 0 Å². The Labute approximate surface area is 184 Å². The van der Waals surface area contributed by atoms with Crippen LogP contribution in [0.2, 0.25) is 0 Å². The summed E-state index contributed by atoms with van der Waals surface area (Å²) in [6.45, 7) is 4.14. The third-order valence-corrected chi connectivity index (χ3v) is 5.49. The molecule has 1 aliphatic rings. The molecule has 0 radical (unpaired) electrons. The molecule has 0 unspecified atom stereocenters. The molecular weight excluding hydrogens is 410 g/mol. The molecule has 0 spiro atoms. The number of benzene rings is 1. The van der Waals surface area contributed by atoms with Gasteiger partial charge < -0.3 is 19.1 Å². The maximum Gasteiger partial charge on any atom is 0.259 e. The number of carbonyl (C=O) groups excluding carboxylic acids is 1. The highest BCUT2D eigenvalue weighted by Crippen LogP contribution is 2.41. The fraction of sp³-hybridized carbons (Fsp3) is 0.348. The number of pyridine rings is 1. The normalized spacial score (nSPS) is 13.6. The van der Waals surface area contributed by atoms with E-state index in [0.29, 0.717) is 34.3 Å². The number of aromatic nitrogens is 4. The Bertz CT molecular complexity index is 1270. The minimum atomic E-state index is -0.250. The zero-order chi connectivity index (χ0) is 22.2. The Kier molecular flexibility index (Phi) is 5.08. The van der Waals surface area contributed by atoms with Gasteiger partial charge >= 0.3 is 0 Å². The van der Waals surface area contributed by atoms with Crippen molar-refractivity contribution in [1.29, 1.82) is 0 Å². The summed E-state index contributed by atoms with van der Waals surface area (Å²) < 4.78 is 16.0. The number of rotatable bonds is 7. The van der Waals surface area contributed by atoms with E-state index in [9.17, 15) is 4.79 Å². The van der Waals surface area contributed by atoms with E-state index in [2.05, 4.69) is 25.6 Å². The van der Waals surface area contributed by atoms with Gasteiger partial charge in [-0.05, 0) is 49.1 Å². The summed E-state index contributed by atoms with van der Waals surface area (Å²) in [6, 6.07) is 9.16. The first-order valence-electron chi connectivity index (χ1n) is 10.6. The molecule has 0 aliphatic heterocycles. The van der Waals surface area contributed by atoms with Gasteiger partial charge in [-0.1, -0.05) is 24.2 Å². The number of nitrogens with zero attached hydrogens (tertiary/aromatic N) is 4. The first-order chi connectivity index (χ1) is 15.5. The molecule has 1 amide bonds. The van der Waals surface area contributed by atoms with Crippen LogP contribution >= 0.6 is 0 Å². The van der Waals surface area contributed by atoms with Gasteiger partial charge in [-0.3, -0.25) is 4.79 Å². The van der Waals surface area contributed by atoms with Gasteiger partial charge in [-0.15, -0.1) is 0 Å². The molecule has 1 fully saturated rings. The van der Waals surface area contributed by atoms with Gasteiger partial charge in [0.15, 0.2) is 5.82 Å². The van der Waals surface area contributed by atoms with Crippen LogP contribution in [0, 0.1) is 0 Å². The van der Waals surface area contributed by atoms with Gasteiger partial charge in [0.2, 0.25) is 0 Å². The summed E-state index contributed by atoms with van der Waals surface area (Å²) in [4.78, 5) is 22.1. The number of carbonyl (C=O) groups is 1. The second kappa shape index (κ2) is 8.07. The van der Waals surface area contributed by atoms with E-state index in [1.54, 1.807) is 7.11 Å². The van der Waals surface area contributed by atoms with E-state index in [0.717, 1.165) is 35.5 Å². The molecule has 1 saturated carbocycles. The van der Waals surface area contributed by atoms with Crippen molar-refractivity contribution in [2.45, 2.75) is 45.1 Å². The van der Waals surface area contributed by atoms with Crippen LogP contribution in [0.3, 0.4) is 0 Å². The topological polar surface area (TPSA) is 116 Å². The molecule has 5 rings (SSSR count). The molecule has 32 heavy (non-hydrogen) atoms. The van der Waals surface area contributed by atoms with Gasteiger partial charge in [-0.25, -0.2) is 4.98 Å². The quantitative estimate of drug-likeness (QED) is 0.461. The van der Waals surface area contributed by atoms with Crippen molar-refractivity contribution >= 4 is 17.0 Å². The highest BCUT2D eigenvalue weighted by atomic mass is 16.5. The minimum absolute atomic E-state index is 0.0978. The maximum absolute atomic E-state index is 13.1. The Hall–Kier alpha value is -3.75. The summed E-state index contributed by atoms with van der Waals surface area (Å²) in [5.41, 5.74) is 3.29. The molecule has 9 heteroatoms. The second-order valence-electron chi connectivity index (χ2n) is 8.20. The Morgan fingerprint density at radius 2 is 1.94 bits per heavy atom. The SMILES string of the molecule is COc1ccc(-c2nc(CNC(=O)c3cc(C4CC4)nc4onc(C(C)C)c34)no2)cc1. The van der Waals surface area contributed by atoms with Crippen LogP contribution in [0.5, 0.6) is 5.75 Å². The molecule has 0 atom stereocenters. The molecule has 164 valence electrons. The van der Waals surface area contributed by atoms with E-state index in [1.807, 2.05) is 44.2 Å². The smallest absolute Gasteiger partial charge is 0.259 e. The predicted octanol–water partition coefficient (Wildman–Crippen LogP) is 4.21. The monoisotopic (exact) mass is 433 g/mol. The lowest BCUT2D eigenvalue weighted by Gasteiger charge is -2.08. The summed E-state index contributed by atoms with van der Waals surface area (Å²) in [5.74, 6) is 1.72. The average molecular weight is 433 g/mol. The molecule has 1 aliphatic carbocycles. The van der Waals surface area contributed by atoms with Crippen LogP contribution in [0.4, 0.5) is 0 Å². The summed E-state index contributed by atoms with van der Waals surface area (Å²) >= 11 is 0. The summed E-state index contributed by atoms with van der Waals surface area (Å²) in [7, 11) is 1.61. The van der Waals surface area contributed by atoms with Crippen LogP contribution in [-0.4, -0.2) is 33.3 Å². The number of ether oxygens (including phenoxy) is 1. The first kappa shape index (κ1) is 20.2. The first-order valence-corrected chi connectivity index (χ1v) is 10.6. The van der Waals surface area contributed by atoms with Gasteiger partial charge in [0, 0.05) is 17.2 Å². The van der Waals surface area contributed by atoms with E-state index >= 15 is 0 Å². The molecular formula is C23H23N5O4. The fourth-order valence-corrected chi connectivity index (χ4v) is 3.58. The second-order valence-corrected chi connectivity index (χ2v) is 8.20. The Balaban J connectivity index is 1.37. The molecule has 1 N–H and O–H groups in total. The van der Waals surface area contributed by atoms with E-state index in [4.69, 9.17) is 13.8 Å². The summed E-state index contributed by atoms with van der Waals surface area (Å²) in [6.07, 6.45) is 2.14. The van der Waals surface area contributed by atoms with Crippen molar-refractivity contribution in [1.82, 2.24) is 25.6 Å². The highest BCUT2D eigenvalue weighted by molar-refractivity contribution is 6.06. The third kappa shape index (κ3) is 3.81. The van der Waals surface area contributed by atoms with Crippen molar-refractivity contribution in [3.8, 4) is 17.2 Å². The molecule has 4 aromatic rings. The number of amides is 1. The molecule has 0 saturated heterocycles. The Morgan fingerprint density at radius 3 is 2.62 bits per heavy atom. The van der Waals surface area contributed by atoms with Crippen LogP contribution < -0.4 is 10.1 Å². The largest absolute Gasteiger partial charge is 0.497 e. The number of fused-ring (bicyclic) bond motifs is 1. The average Bonchev–Trinajstić information content (AvgIpc) is 3.39. The van der Waals surface area contributed by atoms with E-state index < -0.39 is 0 Å². The zero-order valence-corrected chi connectivity index (χ0v) is 18.1. The van der Waals surface area contributed by atoms with Gasteiger partial charge in [0.1, 0.15) is 5.75 Å². The maximum atomic E-state index is 13.1. The van der Waals surface area contributed by atoms with Crippen molar-refractivity contribution in [2.75, 3.05) is 7.11 Å². The number of nitrogens with one attached hydrogen (secondary N) is 1. The highest BCUT2D eigenvalue weighted by Gasteiger charge is 2.29. The van der Waals surface area contributed by atoms with Crippen LogP contribution in [-0.2, 0) is 6.54 Å². The zero-order valence-electron chi connectivity index (χ0n) is 18.1. The van der Waals surface area contributed by atoms with Gasteiger partial charge in [0.05, 0.1) is 30.3 Å². The molecule has 0 bridgehead atoms.